The number of hydrogen-bond donors (Lipinski definition) is 1. The van der Waals surface area contributed by atoms with Gasteiger partial charge in [-0.25, -0.2) is 13.2 Å². The summed E-state index contributed by atoms with van der Waals surface area (Å²) in [5.74, 6) is -0.668. The van der Waals surface area contributed by atoms with Crippen LogP contribution in [0.25, 0.3) is 0 Å². The number of carboxylic acids is 1. The van der Waals surface area contributed by atoms with Crippen molar-refractivity contribution in [1.29, 1.82) is 0 Å². The Balaban J connectivity index is 2.09. The number of thioether (sulfide) groups is 1. The number of nitrogens with zero attached hydrogens (tertiary/aromatic N) is 1. The lowest BCUT2D eigenvalue weighted by molar-refractivity contribution is -0.274. The van der Waals surface area contributed by atoms with Crippen LogP contribution >= 0.6 is 11.8 Å². The number of carboxylic acid groups (broad SMARTS) is 1. The lowest BCUT2D eigenvalue weighted by atomic mass is 10.2. The summed E-state index contributed by atoms with van der Waals surface area (Å²) >= 11 is 1.42. The van der Waals surface area contributed by atoms with Gasteiger partial charge in [0.15, 0.2) is 6.61 Å². The van der Waals surface area contributed by atoms with Crippen LogP contribution in [0.3, 0.4) is 0 Å². The van der Waals surface area contributed by atoms with Crippen LogP contribution in [-0.2, 0) is 14.8 Å². The highest BCUT2D eigenvalue weighted by atomic mass is 32.2. The highest BCUT2D eigenvalue weighted by Gasteiger charge is 2.32. The minimum Gasteiger partial charge on any atom is -0.482 e. The van der Waals surface area contributed by atoms with E-state index in [0.29, 0.717) is 17.9 Å². The van der Waals surface area contributed by atoms with Crippen molar-refractivity contribution in [3.8, 4) is 11.5 Å². The standard InChI is InChI=1S/C22H26F3NO6S2/c1-4-9-26(10-11-33-18-6-7-19(15(2)13-18)31-14-21(27)28)34(29,30)20-8-5-17(12-16(20)3)32-22(23,24)25/h5-8,12-13H,4,9-11,14H2,1-3H3,(H,27,28). The smallest absolute Gasteiger partial charge is 0.482 e. The van der Waals surface area contributed by atoms with Crippen molar-refractivity contribution in [1.82, 2.24) is 4.31 Å². The van der Waals surface area contributed by atoms with Gasteiger partial charge in [-0.15, -0.1) is 24.9 Å². The average Bonchev–Trinajstić information content (AvgIpc) is 2.71. The fraction of sp³-hybridized carbons (Fsp3) is 0.409. The first-order valence-electron chi connectivity index (χ1n) is 10.3. The van der Waals surface area contributed by atoms with Gasteiger partial charge in [0, 0.05) is 23.7 Å². The third-order valence-electron chi connectivity index (χ3n) is 4.58. The number of rotatable bonds is 12. The zero-order chi connectivity index (χ0) is 25.5. The lowest BCUT2D eigenvalue weighted by Gasteiger charge is -2.23. The molecule has 12 heteroatoms. The van der Waals surface area contributed by atoms with Gasteiger partial charge in [0.1, 0.15) is 11.5 Å². The van der Waals surface area contributed by atoms with Gasteiger partial charge in [-0.05, 0) is 67.8 Å². The second-order valence-corrected chi connectivity index (χ2v) is 10.4. The zero-order valence-electron chi connectivity index (χ0n) is 18.9. The first-order chi connectivity index (χ1) is 15.8. The Bertz CT molecular complexity index is 1110. The number of aliphatic carboxylic acids is 1. The van der Waals surface area contributed by atoms with Crippen molar-refractivity contribution < 1.29 is 41.0 Å². The molecule has 0 radical (unpaired) electrons. The summed E-state index contributed by atoms with van der Waals surface area (Å²) in [4.78, 5) is 11.4. The molecule has 0 unspecified atom stereocenters. The van der Waals surface area contributed by atoms with E-state index in [9.17, 15) is 26.4 Å². The van der Waals surface area contributed by atoms with Crippen LogP contribution < -0.4 is 9.47 Å². The Labute approximate surface area is 200 Å². The summed E-state index contributed by atoms with van der Waals surface area (Å²) in [6.45, 7) is 5.04. The molecule has 7 nitrogen and oxygen atoms in total. The normalized spacial score (nSPS) is 12.1. The van der Waals surface area contributed by atoms with Crippen LogP contribution in [0.5, 0.6) is 11.5 Å². The maximum absolute atomic E-state index is 13.2. The van der Waals surface area contributed by atoms with Gasteiger partial charge in [-0.1, -0.05) is 6.92 Å². The molecule has 0 aliphatic carbocycles. The van der Waals surface area contributed by atoms with E-state index in [0.717, 1.165) is 28.7 Å². The van der Waals surface area contributed by atoms with Crippen LogP contribution in [0, 0.1) is 13.8 Å². The van der Waals surface area contributed by atoms with Gasteiger partial charge in [0.25, 0.3) is 0 Å². The van der Waals surface area contributed by atoms with Gasteiger partial charge in [0.2, 0.25) is 10.0 Å². The first kappa shape index (κ1) is 27.8. The molecule has 0 saturated heterocycles. The van der Waals surface area contributed by atoms with Crippen molar-refractivity contribution >= 4 is 27.8 Å². The molecule has 0 heterocycles. The van der Waals surface area contributed by atoms with Crippen LogP contribution in [0.2, 0.25) is 0 Å². The monoisotopic (exact) mass is 521 g/mol. The van der Waals surface area contributed by atoms with E-state index in [2.05, 4.69) is 4.74 Å². The fourth-order valence-electron chi connectivity index (χ4n) is 3.13. The van der Waals surface area contributed by atoms with Gasteiger partial charge in [0.05, 0.1) is 4.90 Å². The largest absolute Gasteiger partial charge is 0.573 e. The number of sulfonamides is 1. The fourth-order valence-corrected chi connectivity index (χ4v) is 5.95. The Hall–Kier alpha value is -2.44. The van der Waals surface area contributed by atoms with Crippen molar-refractivity contribution in [2.45, 2.75) is 43.3 Å². The Morgan fingerprint density at radius 3 is 2.35 bits per heavy atom. The maximum Gasteiger partial charge on any atom is 0.573 e. The molecule has 0 atom stereocenters. The SMILES string of the molecule is CCCN(CCSc1ccc(OCC(=O)O)c(C)c1)S(=O)(=O)c1ccc(OC(F)(F)F)cc1C. The molecule has 0 aliphatic heterocycles. The number of aryl methyl sites for hydroxylation is 2. The molecule has 0 saturated carbocycles. The summed E-state index contributed by atoms with van der Waals surface area (Å²) < 4.78 is 74.1. The molecule has 0 aromatic heterocycles. The maximum atomic E-state index is 13.2. The predicted molar refractivity (Wildman–Crippen MR) is 122 cm³/mol. The van der Waals surface area contributed by atoms with E-state index in [1.807, 2.05) is 13.0 Å². The van der Waals surface area contributed by atoms with E-state index in [4.69, 9.17) is 9.84 Å². The van der Waals surface area contributed by atoms with Crippen LogP contribution in [0.15, 0.2) is 46.2 Å². The van der Waals surface area contributed by atoms with E-state index in [-0.39, 0.29) is 23.5 Å². The number of carbonyl (C=O) groups is 1. The van der Waals surface area contributed by atoms with Crippen molar-refractivity contribution in [2.24, 2.45) is 0 Å². The molecule has 1 N–H and O–H groups in total. The summed E-state index contributed by atoms with van der Waals surface area (Å²) in [6, 6.07) is 8.41. The summed E-state index contributed by atoms with van der Waals surface area (Å²) in [7, 11) is -3.93. The Kier molecular flexibility index (Phi) is 9.65. The number of benzene rings is 2. The van der Waals surface area contributed by atoms with E-state index in [1.54, 1.807) is 19.1 Å². The van der Waals surface area contributed by atoms with E-state index < -0.39 is 34.7 Å². The topological polar surface area (TPSA) is 93.1 Å². The number of ether oxygens (including phenoxy) is 2. The average molecular weight is 522 g/mol. The van der Waals surface area contributed by atoms with E-state index >= 15 is 0 Å². The van der Waals surface area contributed by atoms with Gasteiger partial charge in [-0.2, -0.15) is 4.31 Å². The minimum absolute atomic E-state index is 0.0729. The molecule has 0 amide bonds. The highest BCUT2D eigenvalue weighted by molar-refractivity contribution is 7.99. The Morgan fingerprint density at radius 1 is 1.09 bits per heavy atom. The number of halogens is 3. The lowest BCUT2D eigenvalue weighted by Crippen LogP contribution is -2.34. The predicted octanol–water partition coefficient (Wildman–Crippen LogP) is 4.86. The molecule has 0 bridgehead atoms. The van der Waals surface area contributed by atoms with Crippen molar-refractivity contribution in [2.75, 3.05) is 25.4 Å². The quantitative estimate of drug-likeness (QED) is 0.399. The molecular weight excluding hydrogens is 495 g/mol. The highest BCUT2D eigenvalue weighted by Crippen LogP contribution is 2.29. The van der Waals surface area contributed by atoms with Crippen LogP contribution in [0.1, 0.15) is 24.5 Å². The van der Waals surface area contributed by atoms with Crippen LogP contribution in [-0.4, -0.2) is 55.6 Å². The first-order valence-corrected chi connectivity index (χ1v) is 12.7. The van der Waals surface area contributed by atoms with E-state index in [1.165, 1.54) is 23.0 Å². The molecule has 188 valence electrons. The van der Waals surface area contributed by atoms with Gasteiger partial charge >= 0.3 is 12.3 Å². The van der Waals surface area contributed by atoms with Crippen molar-refractivity contribution in [3.05, 3.63) is 47.5 Å². The van der Waals surface area contributed by atoms with Crippen molar-refractivity contribution in [3.63, 3.8) is 0 Å². The molecule has 2 aromatic rings. The zero-order valence-corrected chi connectivity index (χ0v) is 20.5. The molecule has 2 aromatic carbocycles. The number of alkyl halides is 3. The third-order valence-corrected chi connectivity index (χ3v) is 7.61. The molecule has 0 fully saturated rings. The minimum atomic E-state index is -4.86. The molecule has 0 spiro atoms. The second-order valence-electron chi connectivity index (χ2n) is 7.34. The molecule has 34 heavy (non-hydrogen) atoms. The summed E-state index contributed by atoms with van der Waals surface area (Å²) in [6.07, 6.45) is -4.30. The second kappa shape index (κ2) is 11.8. The Morgan fingerprint density at radius 2 is 1.79 bits per heavy atom. The molecular formula is C22H26F3NO6S2. The summed E-state index contributed by atoms with van der Waals surface area (Å²) in [5.41, 5.74) is 0.907. The number of hydrogen-bond acceptors (Lipinski definition) is 6. The third kappa shape index (κ3) is 8.10. The molecule has 2 rings (SSSR count). The van der Waals surface area contributed by atoms with Gasteiger partial charge < -0.3 is 14.6 Å². The van der Waals surface area contributed by atoms with Crippen LogP contribution in [0.4, 0.5) is 13.2 Å². The molecule has 0 aliphatic rings. The summed E-state index contributed by atoms with van der Waals surface area (Å²) in [5, 5.41) is 8.72. The van der Waals surface area contributed by atoms with Gasteiger partial charge in [-0.3, -0.25) is 0 Å².